The van der Waals surface area contributed by atoms with Crippen LogP contribution in [0.4, 0.5) is 10.5 Å². The summed E-state index contributed by atoms with van der Waals surface area (Å²) in [5.41, 5.74) is 1.98. The fraction of sp³-hybridized carbons (Fsp3) is 0.467. The Morgan fingerprint density at radius 1 is 1.33 bits per heavy atom. The molecule has 0 spiro atoms. The second-order valence-corrected chi connectivity index (χ2v) is 5.34. The van der Waals surface area contributed by atoms with E-state index in [-0.39, 0.29) is 25.0 Å². The Kier molecular flexibility index (Phi) is 4.80. The van der Waals surface area contributed by atoms with Crippen molar-refractivity contribution in [3.8, 4) is 0 Å². The maximum atomic E-state index is 12.3. The lowest BCUT2D eigenvalue weighted by Gasteiger charge is -2.18. The van der Waals surface area contributed by atoms with Gasteiger partial charge in [0, 0.05) is 25.3 Å². The molecule has 1 aromatic carbocycles. The maximum Gasteiger partial charge on any atom is 0.325 e. The summed E-state index contributed by atoms with van der Waals surface area (Å²) in [6, 6.07) is 7.57. The third-order valence-electron chi connectivity index (χ3n) is 3.37. The number of carbonyl (C=O) groups excluding carboxylic acids is 2. The van der Waals surface area contributed by atoms with Gasteiger partial charge in [0.2, 0.25) is 5.91 Å². The first-order valence-corrected chi connectivity index (χ1v) is 7.05. The number of hydrogen-bond donors (Lipinski definition) is 2. The van der Waals surface area contributed by atoms with E-state index in [0.717, 1.165) is 11.3 Å². The van der Waals surface area contributed by atoms with Crippen LogP contribution in [-0.4, -0.2) is 54.2 Å². The molecule has 0 radical (unpaired) electrons. The Morgan fingerprint density at radius 2 is 2.00 bits per heavy atom. The maximum absolute atomic E-state index is 12.3. The zero-order valence-corrected chi connectivity index (χ0v) is 12.4. The molecule has 1 atom stereocenters. The number of aliphatic hydroxyl groups excluding tert-OH is 1. The first-order valence-electron chi connectivity index (χ1n) is 7.05. The molecule has 1 fully saturated rings. The fourth-order valence-electron chi connectivity index (χ4n) is 2.18. The zero-order valence-electron chi connectivity index (χ0n) is 12.4. The van der Waals surface area contributed by atoms with Crippen LogP contribution in [0.3, 0.4) is 0 Å². The van der Waals surface area contributed by atoms with Crippen molar-refractivity contribution >= 4 is 17.6 Å². The highest BCUT2D eigenvalue weighted by molar-refractivity contribution is 5.96. The van der Waals surface area contributed by atoms with Gasteiger partial charge in [-0.3, -0.25) is 9.69 Å². The van der Waals surface area contributed by atoms with Crippen LogP contribution in [0.25, 0.3) is 0 Å². The molecule has 0 bridgehead atoms. The number of amides is 3. The van der Waals surface area contributed by atoms with Gasteiger partial charge in [-0.2, -0.15) is 0 Å². The minimum Gasteiger partial charge on any atom is -0.392 e. The van der Waals surface area contributed by atoms with Gasteiger partial charge < -0.3 is 15.3 Å². The number of hydrogen-bond acceptors (Lipinski definition) is 3. The molecule has 1 aliphatic heterocycles. The number of aliphatic hydroxyl groups is 1. The molecule has 0 aromatic heterocycles. The van der Waals surface area contributed by atoms with E-state index in [4.69, 9.17) is 5.11 Å². The molecular formula is C15H21N3O3. The molecule has 6 heteroatoms. The average molecular weight is 291 g/mol. The number of urea groups is 1. The lowest BCUT2D eigenvalue weighted by molar-refractivity contribution is -0.121. The molecule has 114 valence electrons. The van der Waals surface area contributed by atoms with Crippen LogP contribution < -0.4 is 10.2 Å². The Balaban J connectivity index is 1.92. The standard InChI is InChI=1S/C15H21N3O3/c1-11-3-5-13(6-4-11)18-8-7-17(15(18)21)10-14(20)16-9-12(2)19/h3-6,12,19H,7-10H2,1-2H3,(H,16,20)/t12-/m0/s1. The van der Waals surface area contributed by atoms with Gasteiger partial charge in [-0.1, -0.05) is 17.7 Å². The smallest absolute Gasteiger partial charge is 0.325 e. The van der Waals surface area contributed by atoms with Gasteiger partial charge in [-0.15, -0.1) is 0 Å². The second-order valence-electron chi connectivity index (χ2n) is 5.34. The third-order valence-corrected chi connectivity index (χ3v) is 3.37. The number of anilines is 1. The van der Waals surface area contributed by atoms with Gasteiger partial charge in [0.15, 0.2) is 0 Å². The molecule has 0 aliphatic carbocycles. The third kappa shape index (κ3) is 3.95. The molecule has 3 amide bonds. The van der Waals surface area contributed by atoms with E-state index in [9.17, 15) is 9.59 Å². The van der Waals surface area contributed by atoms with Crippen molar-refractivity contribution in [3.63, 3.8) is 0 Å². The summed E-state index contributed by atoms with van der Waals surface area (Å²) in [6.45, 7) is 4.91. The van der Waals surface area contributed by atoms with E-state index in [2.05, 4.69) is 5.32 Å². The Bertz CT molecular complexity index is 513. The van der Waals surface area contributed by atoms with Gasteiger partial charge in [0.1, 0.15) is 6.54 Å². The Labute approximate surface area is 124 Å². The highest BCUT2D eigenvalue weighted by Gasteiger charge is 2.30. The first-order chi connectivity index (χ1) is 9.97. The van der Waals surface area contributed by atoms with Gasteiger partial charge in [0.05, 0.1) is 6.10 Å². The van der Waals surface area contributed by atoms with Crippen molar-refractivity contribution in [2.24, 2.45) is 0 Å². The van der Waals surface area contributed by atoms with Crippen molar-refractivity contribution in [2.75, 3.05) is 31.1 Å². The normalized spacial score (nSPS) is 16.2. The largest absolute Gasteiger partial charge is 0.392 e. The molecular weight excluding hydrogens is 270 g/mol. The van der Waals surface area contributed by atoms with E-state index in [1.807, 2.05) is 31.2 Å². The summed E-state index contributed by atoms with van der Waals surface area (Å²) in [7, 11) is 0. The van der Waals surface area contributed by atoms with Crippen molar-refractivity contribution in [3.05, 3.63) is 29.8 Å². The zero-order chi connectivity index (χ0) is 15.4. The van der Waals surface area contributed by atoms with E-state index >= 15 is 0 Å². The summed E-state index contributed by atoms with van der Waals surface area (Å²) >= 11 is 0. The van der Waals surface area contributed by atoms with E-state index in [1.165, 1.54) is 4.90 Å². The lowest BCUT2D eigenvalue weighted by Crippen LogP contribution is -2.41. The molecule has 1 heterocycles. The monoisotopic (exact) mass is 291 g/mol. The summed E-state index contributed by atoms with van der Waals surface area (Å²) in [5, 5.41) is 11.7. The minimum absolute atomic E-state index is 0.0217. The van der Waals surface area contributed by atoms with Crippen molar-refractivity contribution in [1.29, 1.82) is 0 Å². The highest BCUT2D eigenvalue weighted by Crippen LogP contribution is 2.20. The summed E-state index contributed by atoms with van der Waals surface area (Å²) < 4.78 is 0. The molecule has 2 N–H and O–H groups in total. The molecule has 0 saturated carbocycles. The highest BCUT2D eigenvalue weighted by atomic mass is 16.3. The van der Waals surface area contributed by atoms with Crippen LogP contribution in [0.5, 0.6) is 0 Å². The predicted octanol–water partition coefficient (Wildman–Crippen LogP) is 0.734. The van der Waals surface area contributed by atoms with Gasteiger partial charge in [-0.25, -0.2) is 4.79 Å². The van der Waals surface area contributed by atoms with Crippen LogP contribution in [0.2, 0.25) is 0 Å². The Hall–Kier alpha value is -2.08. The van der Waals surface area contributed by atoms with Crippen LogP contribution in [-0.2, 0) is 4.79 Å². The Morgan fingerprint density at radius 3 is 2.62 bits per heavy atom. The molecule has 2 rings (SSSR count). The van der Waals surface area contributed by atoms with Gasteiger partial charge >= 0.3 is 6.03 Å². The summed E-state index contributed by atoms with van der Waals surface area (Å²) in [5.74, 6) is -0.255. The average Bonchev–Trinajstić information content (AvgIpc) is 2.79. The molecule has 1 aromatic rings. The molecule has 1 aliphatic rings. The van der Waals surface area contributed by atoms with E-state index in [0.29, 0.717) is 13.1 Å². The van der Waals surface area contributed by atoms with Crippen LogP contribution in [0, 0.1) is 6.92 Å². The van der Waals surface area contributed by atoms with E-state index < -0.39 is 6.10 Å². The number of rotatable bonds is 5. The second kappa shape index (κ2) is 6.58. The molecule has 21 heavy (non-hydrogen) atoms. The number of benzene rings is 1. The lowest BCUT2D eigenvalue weighted by atomic mass is 10.2. The SMILES string of the molecule is Cc1ccc(N2CCN(CC(=O)NC[C@H](C)O)C2=O)cc1. The molecule has 6 nitrogen and oxygen atoms in total. The number of nitrogens with one attached hydrogen (secondary N) is 1. The van der Waals surface area contributed by atoms with Crippen LogP contribution in [0.1, 0.15) is 12.5 Å². The van der Waals surface area contributed by atoms with Crippen molar-refractivity contribution in [1.82, 2.24) is 10.2 Å². The van der Waals surface area contributed by atoms with E-state index in [1.54, 1.807) is 11.8 Å². The first kappa shape index (κ1) is 15.3. The van der Waals surface area contributed by atoms with Crippen molar-refractivity contribution < 1.29 is 14.7 Å². The predicted molar refractivity (Wildman–Crippen MR) is 80.2 cm³/mol. The fourth-order valence-corrected chi connectivity index (χ4v) is 2.18. The summed E-state index contributed by atoms with van der Waals surface area (Å²) in [6.07, 6.45) is -0.590. The van der Waals surface area contributed by atoms with Crippen LogP contribution in [0.15, 0.2) is 24.3 Å². The number of carbonyl (C=O) groups is 2. The van der Waals surface area contributed by atoms with Gasteiger partial charge in [-0.05, 0) is 26.0 Å². The molecule has 1 saturated heterocycles. The number of nitrogens with zero attached hydrogens (tertiary/aromatic N) is 2. The van der Waals surface area contributed by atoms with Crippen molar-refractivity contribution in [2.45, 2.75) is 20.0 Å². The van der Waals surface area contributed by atoms with Gasteiger partial charge in [0.25, 0.3) is 0 Å². The quantitative estimate of drug-likeness (QED) is 0.840. The topological polar surface area (TPSA) is 72.9 Å². The molecule has 0 unspecified atom stereocenters. The summed E-state index contributed by atoms with van der Waals surface area (Å²) in [4.78, 5) is 27.2. The number of aryl methyl sites for hydroxylation is 1. The minimum atomic E-state index is -0.590. The van der Waals surface area contributed by atoms with Crippen LogP contribution >= 0.6 is 0 Å².